The van der Waals surface area contributed by atoms with Crippen LogP contribution in [0.25, 0.3) is 0 Å². The lowest BCUT2D eigenvalue weighted by molar-refractivity contribution is 0.0533. The van der Waals surface area contributed by atoms with Crippen molar-refractivity contribution in [1.82, 2.24) is 0 Å². The van der Waals surface area contributed by atoms with Crippen LogP contribution in [0.1, 0.15) is 67.6 Å². The molecule has 6 heteroatoms. The van der Waals surface area contributed by atoms with Crippen molar-refractivity contribution in [3.8, 4) is 11.5 Å². The highest BCUT2D eigenvalue weighted by Crippen LogP contribution is 2.46. The van der Waals surface area contributed by atoms with E-state index in [-0.39, 0.29) is 17.6 Å². The summed E-state index contributed by atoms with van der Waals surface area (Å²) in [5, 5.41) is 9.74. The van der Waals surface area contributed by atoms with Gasteiger partial charge >= 0.3 is 5.97 Å². The lowest BCUT2D eigenvalue weighted by atomic mass is 9.94. The first-order valence-corrected chi connectivity index (χ1v) is 13.8. The van der Waals surface area contributed by atoms with Crippen molar-refractivity contribution in [2.24, 2.45) is 0 Å². The van der Waals surface area contributed by atoms with Gasteiger partial charge in [-0.3, -0.25) is 0 Å². The number of aliphatic hydroxyl groups excluding tert-OH is 1. The van der Waals surface area contributed by atoms with E-state index in [1.165, 1.54) is 0 Å². The smallest absolute Gasteiger partial charge is 0.342 e. The molecule has 1 aromatic carbocycles. The monoisotopic (exact) mass is 446 g/mol. The van der Waals surface area contributed by atoms with Gasteiger partial charge in [-0.15, -0.1) is 6.58 Å². The Labute approximate surface area is 188 Å². The second-order valence-corrected chi connectivity index (χ2v) is 14.6. The zero-order chi connectivity index (χ0) is 23.6. The first-order valence-electron chi connectivity index (χ1n) is 10.9. The number of hydrogen-bond acceptors (Lipinski definition) is 5. The lowest BCUT2D eigenvalue weighted by Gasteiger charge is -2.37. The molecule has 0 bridgehead atoms. The van der Waals surface area contributed by atoms with E-state index in [1.54, 1.807) is 13.2 Å². The Morgan fingerprint density at radius 3 is 2.52 bits per heavy atom. The Kier molecular flexibility index (Phi) is 7.82. The number of methoxy groups -OCH3 is 1. The largest absolute Gasteiger partial charge is 0.543 e. The predicted octanol–water partition coefficient (Wildman–Crippen LogP) is 5.87. The maximum atomic E-state index is 12.7. The van der Waals surface area contributed by atoms with Crippen molar-refractivity contribution in [2.75, 3.05) is 7.11 Å². The van der Waals surface area contributed by atoms with Crippen LogP contribution in [0.4, 0.5) is 0 Å². The normalized spacial score (nSPS) is 15.4. The maximum Gasteiger partial charge on any atom is 0.342 e. The molecule has 1 aliphatic heterocycles. The van der Waals surface area contributed by atoms with Crippen molar-refractivity contribution in [1.29, 1.82) is 0 Å². The van der Waals surface area contributed by atoms with E-state index in [0.717, 1.165) is 34.4 Å². The molecule has 0 spiro atoms. The molecule has 0 fully saturated rings. The summed E-state index contributed by atoms with van der Waals surface area (Å²) in [5.41, 5.74) is 4.36. The van der Waals surface area contributed by atoms with Gasteiger partial charge in [0.05, 0.1) is 13.2 Å². The van der Waals surface area contributed by atoms with Crippen LogP contribution in [-0.2, 0) is 17.8 Å². The third-order valence-electron chi connectivity index (χ3n) is 6.55. The minimum Gasteiger partial charge on any atom is -0.543 e. The number of allylic oxidation sites excluding steroid dienone is 2. The summed E-state index contributed by atoms with van der Waals surface area (Å²) >= 11 is 0. The second kappa shape index (κ2) is 9.61. The SMILES string of the molecule is C=CC(O)CC/C(C)=C/Cc1c(OC)c(C)c2c(c1O[Si](C)(C)C(C)(C)C)C(=O)OC2. The molecule has 1 unspecified atom stereocenters. The third kappa shape index (κ3) is 5.41. The number of cyclic esters (lactones) is 1. The van der Waals surface area contributed by atoms with Crippen molar-refractivity contribution >= 4 is 14.3 Å². The summed E-state index contributed by atoms with van der Waals surface area (Å²) in [6.45, 7) is 18.8. The quantitative estimate of drug-likeness (QED) is 0.292. The van der Waals surface area contributed by atoms with Crippen LogP contribution < -0.4 is 9.16 Å². The number of benzene rings is 1. The third-order valence-corrected chi connectivity index (χ3v) is 10.9. The molecule has 0 radical (unpaired) electrons. The molecule has 1 heterocycles. The molecule has 0 saturated carbocycles. The molecule has 31 heavy (non-hydrogen) atoms. The fourth-order valence-corrected chi connectivity index (χ4v) is 4.44. The Morgan fingerprint density at radius 2 is 1.97 bits per heavy atom. The number of rotatable bonds is 9. The van der Waals surface area contributed by atoms with Crippen molar-refractivity contribution in [3.63, 3.8) is 0 Å². The Balaban J connectivity index is 2.57. The van der Waals surface area contributed by atoms with Gasteiger partial charge in [0.25, 0.3) is 8.32 Å². The molecule has 1 aromatic rings. The van der Waals surface area contributed by atoms with Gasteiger partial charge in [0.2, 0.25) is 0 Å². The van der Waals surface area contributed by atoms with E-state index in [0.29, 0.717) is 24.2 Å². The van der Waals surface area contributed by atoms with E-state index in [9.17, 15) is 9.90 Å². The molecule has 1 N–H and O–H groups in total. The van der Waals surface area contributed by atoms with Gasteiger partial charge in [-0.1, -0.05) is 38.5 Å². The van der Waals surface area contributed by atoms with Gasteiger partial charge < -0.3 is 19.0 Å². The van der Waals surface area contributed by atoms with E-state index in [4.69, 9.17) is 13.9 Å². The number of ether oxygens (including phenoxy) is 2. The maximum absolute atomic E-state index is 12.7. The molecule has 0 aromatic heterocycles. The second-order valence-electron chi connectivity index (χ2n) is 9.85. The number of hydrogen-bond donors (Lipinski definition) is 1. The van der Waals surface area contributed by atoms with Gasteiger partial charge in [0, 0.05) is 11.1 Å². The minimum atomic E-state index is -2.22. The number of carbonyl (C=O) groups excluding carboxylic acids is 1. The number of carbonyl (C=O) groups is 1. The van der Waals surface area contributed by atoms with Crippen molar-refractivity contribution < 1.29 is 23.8 Å². The molecule has 1 aliphatic rings. The summed E-state index contributed by atoms with van der Waals surface area (Å²) in [7, 11) is -0.566. The Morgan fingerprint density at radius 1 is 1.32 bits per heavy atom. The summed E-state index contributed by atoms with van der Waals surface area (Å²) < 4.78 is 17.9. The van der Waals surface area contributed by atoms with E-state index in [2.05, 4.69) is 46.5 Å². The fourth-order valence-electron chi connectivity index (χ4n) is 3.40. The standard InChI is InChI=1S/C25H38O5Si/c1-10-18(26)13-11-16(2)12-14-19-22(28-7)17(3)20-15-29-24(27)21(20)23(19)30-31(8,9)25(4,5)6/h10,12,18,26H,1,11,13-15H2,2-9H3/b16-12+. The summed E-state index contributed by atoms with van der Waals surface area (Å²) in [5.74, 6) is 1.04. The van der Waals surface area contributed by atoms with Gasteiger partial charge in [-0.25, -0.2) is 4.79 Å². The Hall–Kier alpha value is -2.05. The number of fused-ring (bicyclic) bond motifs is 1. The van der Waals surface area contributed by atoms with Crippen LogP contribution in [0.2, 0.25) is 18.1 Å². The minimum absolute atomic E-state index is 0.0234. The van der Waals surface area contributed by atoms with Crippen molar-refractivity contribution in [3.05, 3.63) is 46.6 Å². The average Bonchev–Trinajstić information content (AvgIpc) is 3.07. The zero-order valence-electron chi connectivity index (χ0n) is 20.3. The molecule has 0 aliphatic carbocycles. The highest BCUT2D eigenvalue weighted by Gasteiger charge is 2.42. The van der Waals surface area contributed by atoms with Crippen molar-refractivity contribution in [2.45, 2.75) is 84.7 Å². The summed E-state index contributed by atoms with van der Waals surface area (Å²) in [6.07, 6.45) is 5.14. The Bertz CT molecular complexity index is 877. The van der Waals surface area contributed by atoms with E-state index >= 15 is 0 Å². The zero-order valence-corrected chi connectivity index (χ0v) is 21.3. The molecule has 1 atom stereocenters. The van der Waals surface area contributed by atoms with E-state index in [1.807, 2.05) is 13.8 Å². The molecule has 0 saturated heterocycles. The number of aliphatic hydroxyl groups is 1. The first-order chi connectivity index (χ1) is 14.3. The van der Waals surface area contributed by atoms with Crippen LogP contribution in [0, 0.1) is 6.92 Å². The predicted molar refractivity (Wildman–Crippen MR) is 128 cm³/mol. The molecular weight excluding hydrogens is 408 g/mol. The van der Waals surface area contributed by atoms with Gasteiger partial charge in [-0.2, -0.15) is 0 Å². The highest BCUT2D eigenvalue weighted by atomic mass is 28.4. The highest BCUT2D eigenvalue weighted by molar-refractivity contribution is 6.74. The molecule has 172 valence electrons. The van der Waals surface area contributed by atoms with Crippen LogP contribution in [0.3, 0.4) is 0 Å². The van der Waals surface area contributed by atoms with Crippen LogP contribution >= 0.6 is 0 Å². The first kappa shape index (κ1) is 25.2. The molecular formula is C25H38O5Si. The molecule has 0 amide bonds. The number of esters is 1. The van der Waals surface area contributed by atoms with Gasteiger partial charge in [-0.05, 0) is 56.8 Å². The van der Waals surface area contributed by atoms with Crippen LogP contribution in [0.15, 0.2) is 24.3 Å². The molecule has 2 rings (SSSR count). The van der Waals surface area contributed by atoms with Gasteiger partial charge in [0.1, 0.15) is 23.7 Å². The fraction of sp³-hybridized carbons (Fsp3) is 0.560. The van der Waals surface area contributed by atoms with Gasteiger partial charge in [0.15, 0.2) is 0 Å². The van der Waals surface area contributed by atoms with Crippen LogP contribution in [-0.4, -0.2) is 32.6 Å². The molecule has 5 nitrogen and oxygen atoms in total. The topological polar surface area (TPSA) is 65.0 Å². The average molecular weight is 447 g/mol. The lowest BCUT2D eigenvalue weighted by Crippen LogP contribution is -2.44. The van der Waals surface area contributed by atoms with E-state index < -0.39 is 14.4 Å². The van der Waals surface area contributed by atoms with Crippen LogP contribution in [0.5, 0.6) is 11.5 Å². The summed E-state index contributed by atoms with van der Waals surface area (Å²) in [6, 6.07) is 0. The summed E-state index contributed by atoms with van der Waals surface area (Å²) in [4.78, 5) is 12.7.